The van der Waals surface area contributed by atoms with Crippen LogP contribution in [-0.4, -0.2) is 45.7 Å². The predicted octanol–water partition coefficient (Wildman–Crippen LogP) is 2.86. The van der Waals surface area contributed by atoms with Crippen molar-refractivity contribution < 1.29 is 14.7 Å². The number of hydrogen-bond acceptors (Lipinski definition) is 4. The largest absolute Gasteiger partial charge is 0.508 e. The average Bonchev–Trinajstić information content (AvgIpc) is 3.07. The molecule has 0 aliphatic rings. The molecule has 3 rings (SSSR count). The highest BCUT2D eigenvalue weighted by Crippen LogP contribution is 2.23. The summed E-state index contributed by atoms with van der Waals surface area (Å²) in [6.07, 6.45) is 2.91. The van der Waals surface area contributed by atoms with Crippen LogP contribution < -0.4 is 5.32 Å². The molecule has 0 atom stereocenters. The normalized spacial score (nSPS) is 10.7. The molecule has 0 aliphatic carbocycles. The number of amides is 2. The number of phenolic OH excluding ortho intramolecular Hbond substituents is 1. The summed E-state index contributed by atoms with van der Waals surface area (Å²) >= 11 is 0. The first-order valence-corrected chi connectivity index (χ1v) is 8.71. The van der Waals surface area contributed by atoms with Crippen molar-refractivity contribution in [3.8, 4) is 5.75 Å². The Hall–Kier alpha value is -3.35. The zero-order valence-corrected chi connectivity index (χ0v) is 15.3. The first-order valence-electron chi connectivity index (χ1n) is 8.71. The fourth-order valence-electron chi connectivity index (χ4n) is 2.82. The Morgan fingerprint density at radius 2 is 2.00 bits per heavy atom. The van der Waals surface area contributed by atoms with Gasteiger partial charge in [0.15, 0.2) is 5.82 Å². The van der Waals surface area contributed by atoms with E-state index in [0.29, 0.717) is 30.8 Å². The number of nitrogens with one attached hydrogen (secondary N) is 1. The van der Waals surface area contributed by atoms with Crippen molar-refractivity contribution in [3.63, 3.8) is 0 Å². The number of aromatic hydroxyl groups is 1. The van der Waals surface area contributed by atoms with Crippen LogP contribution in [0.4, 0.5) is 5.82 Å². The number of aromatic nitrogens is 2. The molecule has 0 unspecified atom stereocenters. The number of anilines is 1. The zero-order chi connectivity index (χ0) is 19.4. The third-order valence-corrected chi connectivity index (χ3v) is 4.27. The quantitative estimate of drug-likeness (QED) is 0.702. The second kappa shape index (κ2) is 7.90. The number of carbonyl (C=O) groups is 2. The fourth-order valence-corrected chi connectivity index (χ4v) is 2.82. The van der Waals surface area contributed by atoms with Crippen LogP contribution in [0.3, 0.4) is 0 Å². The molecule has 0 saturated heterocycles. The lowest BCUT2D eigenvalue weighted by Gasteiger charge is -2.09. The summed E-state index contributed by atoms with van der Waals surface area (Å²) < 4.78 is 1.71. The molecule has 0 radical (unpaired) electrons. The summed E-state index contributed by atoms with van der Waals surface area (Å²) in [4.78, 5) is 25.8. The molecule has 140 valence electrons. The van der Waals surface area contributed by atoms with Crippen molar-refractivity contribution in [3.05, 3.63) is 54.2 Å². The smallest absolute Gasteiger partial charge is 0.257 e. The van der Waals surface area contributed by atoms with E-state index in [2.05, 4.69) is 10.4 Å². The molecule has 7 heteroatoms. The van der Waals surface area contributed by atoms with Crippen molar-refractivity contribution in [2.75, 3.05) is 19.4 Å². The van der Waals surface area contributed by atoms with Gasteiger partial charge in [0.1, 0.15) is 5.75 Å². The molecule has 3 aromatic rings. The molecule has 7 nitrogen and oxygen atoms in total. The van der Waals surface area contributed by atoms with Gasteiger partial charge in [0.05, 0.1) is 0 Å². The number of phenols is 1. The molecule has 2 aromatic carbocycles. The number of rotatable bonds is 6. The van der Waals surface area contributed by atoms with Crippen molar-refractivity contribution in [2.45, 2.75) is 19.4 Å². The first kappa shape index (κ1) is 18.4. The molecular weight excluding hydrogens is 344 g/mol. The number of hydrogen-bond donors (Lipinski definition) is 2. The summed E-state index contributed by atoms with van der Waals surface area (Å²) in [5, 5.41) is 18.3. The monoisotopic (exact) mass is 366 g/mol. The molecule has 27 heavy (non-hydrogen) atoms. The molecule has 2 amide bonds. The predicted molar refractivity (Wildman–Crippen MR) is 104 cm³/mol. The van der Waals surface area contributed by atoms with Crippen LogP contribution in [0, 0.1) is 0 Å². The maximum Gasteiger partial charge on any atom is 0.257 e. The van der Waals surface area contributed by atoms with Crippen LogP contribution in [0.1, 0.15) is 23.2 Å². The summed E-state index contributed by atoms with van der Waals surface area (Å²) in [5.41, 5.74) is 0.513. The van der Waals surface area contributed by atoms with E-state index in [4.69, 9.17) is 0 Å². The van der Waals surface area contributed by atoms with Crippen LogP contribution in [0.5, 0.6) is 5.75 Å². The van der Waals surface area contributed by atoms with Gasteiger partial charge in [-0.25, -0.2) is 0 Å². The number of aryl methyl sites for hydroxylation is 1. The van der Waals surface area contributed by atoms with Crippen molar-refractivity contribution in [1.82, 2.24) is 14.7 Å². The van der Waals surface area contributed by atoms with E-state index in [0.717, 1.165) is 10.8 Å². The molecule has 0 bridgehead atoms. The molecule has 1 aromatic heterocycles. The van der Waals surface area contributed by atoms with E-state index in [9.17, 15) is 14.7 Å². The van der Waals surface area contributed by atoms with E-state index in [1.165, 1.54) is 0 Å². The fraction of sp³-hybridized carbons (Fsp3) is 0.250. The standard InChI is InChI=1S/C20H22N4O3/c1-23(2)19(26)7-4-11-24-12-10-18(22-24)21-20(27)17-6-3-5-14-13-15(25)8-9-16(14)17/h3,5-6,8-10,12-13,25H,4,7,11H2,1-2H3,(H,21,22,27). The summed E-state index contributed by atoms with van der Waals surface area (Å²) in [6.45, 7) is 0.600. The Balaban J connectivity index is 1.65. The maximum atomic E-state index is 12.6. The van der Waals surface area contributed by atoms with Crippen molar-refractivity contribution >= 4 is 28.4 Å². The molecule has 1 heterocycles. The van der Waals surface area contributed by atoms with Gasteiger partial charge in [0, 0.05) is 44.9 Å². The maximum absolute atomic E-state index is 12.6. The van der Waals surface area contributed by atoms with E-state index in [1.54, 1.807) is 66.3 Å². The van der Waals surface area contributed by atoms with E-state index in [-0.39, 0.29) is 17.6 Å². The lowest BCUT2D eigenvalue weighted by molar-refractivity contribution is -0.128. The van der Waals surface area contributed by atoms with Crippen molar-refractivity contribution in [1.29, 1.82) is 0 Å². The van der Waals surface area contributed by atoms with E-state index < -0.39 is 0 Å². The van der Waals surface area contributed by atoms with Gasteiger partial charge in [-0.3, -0.25) is 14.3 Å². The zero-order valence-electron chi connectivity index (χ0n) is 15.3. The van der Waals surface area contributed by atoms with Crippen LogP contribution in [0.15, 0.2) is 48.7 Å². The van der Waals surface area contributed by atoms with E-state index >= 15 is 0 Å². The Labute approximate surface area is 157 Å². The van der Waals surface area contributed by atoms with Crippen LogP contribution >= 0.6 is 0 Å². The number of benzene rings is 2. The second-order valence-electron chi connectivity index (χ2n) is 6.52. The molecule has 2 N–H and O–H groups in total. The minimum atomic E-state index is -0.265. The Morgan fingerprint density at radius 1 is 1.19 bits per heavy atom. The van der Waals surface area contributed by atoms with E-state index in [1.807, 2.05) is 6.07 Å². The molecule has 0 saturated carbocycles. The minimum Gasteiger partial charge on any atom is -0.508 e. The molecule has 0 spiro atoms. The van der Waals surface area contributed by atoms with Crippen LogP contribution in [-0.2, 0) is 11.3 Å². The number of nitrogens with zero attached hydrogens (tertiary/aromatic N) is 3. The van der Waals surface area contributed by atoms with Gasteiger partial charge in [-0.15, -0.1) is 0 Å². The third-order valence-electron chi connectivity index (χ3n) is 4.27. The lowest BCUT2D eigenvalue weighted by atomic mass is 10.0. The average molecular weight is 366 g/mol. The highest BCUT2D eigenvalue weighted by atomic mass is 16.3. The summed E-state index contributed by atoms with van der Waals surface area (Å²) in [6, 6.07) is 12.0. The molecule has 0 aliphatic heterocycles. The van der Waals surface area contributed by atoms with Gasteiger partial charge < -0.3 is 15.3 Å². The Bertz CT molecular complexity index is 978. The SMILES string of the molecule is CN(C)C(=O)CCCn1ccc(NC(=O)c2cccc3cc(O)ccc23)n1. The van der Waals surface area contributed by atoms with Crippen LogP contribution in [0.2, 0.25) is 0 Å². The Morgan fingerprint density at radius 3 is 2.78 bits per heavy atom. The topological polar surface area (TPSA) is 87.5 Å². The summed E-state index contributed by atoms with van der Waals surface area (Å²) in [5.74, 6) is 0.429. The van der Waals surface area contributed by atoms with Gasteiger partial charge in [0.25, 0.3) is 5.91 Å². The highest BCUT2D eigenvalue weighted by Gasteiger charge is 2.12. The first-order chi connectivity index (χ1) is 12.9. The van der Waals surface area contributed by atoms with Gasteiger partial charge in [-0.2, -0.15) is 5.10 Å². The van der Waals surface area contributed by atoms with Gasteiger partial charge in [0.2, 0.25) is 5.91 Å². The van der Waals surface area contributed by atoms with Crippen molar-refractivity contribution in [2.24, 2.45) is 0 Å². The molecule has 0 fully saturated rings. The lowest BCUT2D eigenvalue weighted by Crippen LogP contribution is -2.21. The third kappa shape index (κ3) is 4.44. The van der Waals surface area contributed by atoms with Gasteiger partial charge in [-0.05, 0) is 41.5 Å². The van der Waals surface area contributed by atoms with Gasteiger partial charge in [-0.1, -0.05) is 12.1 Å². The number of fused-ring (bicyclic) bond motifs is 1. The number of carbonyl (C=O) groups excluding carboxylic acids is 2. The Kier molecular flexibility index (Phi) is 5.40. The molecular formula is C20H22N4O3. The van der Waals surface area contributed by atoms with Gasteiger partial charge >= 0.3 is 0 Å². The minimum absolute atomic E-state index is 0.0812. The second-order valence-corrected chi connectivity index (χ2v) is 6.52. The highest BCUT2D eigenvalue weighted by molar-refractivity contribution is 6.12. The van der Waals surface area contributed by atoms with Crippen LogP contribution in [0.25, 0.3) is 10.8 Å². The summed E-state index contributed by atoms with van der Waals surface area (Å²) in [7, 11) is 3.47.